The molecule has 1 aliphatic heterocycles. The van der Waals surface area contributed by atoms with E-state index < -0.39 is 0 Å². The molecule has 3 aromatic heterocycles. The molecule has 2 aliphatic rings. The first-order chi connectivity index (χ1) is 16.8. The van der Waals surface area contributed by atoms with Crippen LogP contribution in [-0.2, 0) is 11.2 Å². The van der Waals surface area contributed by atoms with E-state index in [1.807, 2.05) is 45.8 Å². The molecule has 0 saturated carbocycles. The molecule has 0 unspecified atom stereocenters. The Morgan fingerprint density at radius 3 is 2.68 bits per heavy atom. The minimum atomic E-state index is 0.0304. The minimum Gasteiger partial charge on any atom is -0.378 e. The van der Waals surface area contributed by atoms with E-state index in [4.69, 9.17) is 4.74 Å². The van der Waals surface area contributed by atoms with E-state index in [1.54, 1.807) is 18.6 Å². The molecule has 1 aromatic carbocycles. The quantitative estimate of drug-likeness (QED) is 0.441. The Bertz CT molecular complexity index is 1490. The normalized spacial score (nSPS) is 14.6. The van der Waals surface area contributed by atoms with E-state index >= 15 is 0 Å². The number of rotatable bonds is 2. The average molecular weight is 447 g/mol. The van der Waals surface area contributed by atoms with Gasteiger partial charge in [-0.2, -0.15) is 0 Å². The van der Waals surface area contributed by atoms with Crippen LogP contribution in [0.1, 0.15) is 32.9 Å². The monoisotopic (exact) mass is 447 g/mol. The molecular weight excluding hydrogens is 426 g/mol. The first-order valence-corrected chi connectivity index (χ1v) is 11.2. The van der Waals surface area contributed by atoms with Gasteiger partial charge in [0.15, 0.2) is 5.65 Å². The molecule has 1 amide bonds. The van der Waals surface area contributed by atoms with E-state index in [0.29, 0.717) is 31.9 Å². The molecule has 34 heavy (non-hydrogen) atoms. The molecule has 4 heterocycles. The van der Waals surface area contributed by atoms with Crippen molar-refractivity contribution in [3.8, 4) is 23.1 Å². The van der Waals surface area contributed by atoms with E-state index in [0.717, 1.165) is 45.8 Å². The molecule has 0 radical (unpaired) electrons. The number of carbonyl (C=O) groups is 1. The zero-order valence-corrected chi connectivity index (χ0v) is 18.4. The fourth-order valence-corrected chi connectivity index (χ4v) is 4.26. The van der Waals surface area contributed by atoms with Crippen LogP contribution in [0.2, 0.25) is 0 Å². The SMILES string of the molecule is O=C(c1ccc(-c2cn3c(C#Cc4ccnc5c4C=CC5)cnc3cn2)cc1)N1CCOCC1. The highest BCUT2D eigenvalue weighted by Gasteiger charge is 2.18. The Morgan fingerprint density at radius 1 is 0.971 bits per heavy atom. The van der Waals surface area contributed by atoms with Crippen LogP contribution in [-0.4, -0.2) is 56.5 Å². The van der Waals surface area contributed by atoms with Crippen LogP contribution in [0.15, 0.2) is 61.2 Å². The lowest BCUT2D eigenvalue weighted by Crippen LogP contribution is -2.40. The van der Waals surface area contributed by atoms with Crippen molar-refractivity contribution >= 4 is 17.6 Å². The van der Waals surface area contributed by atoms with Crippen molar-refractivity contribution in [3.05, 3.63) is 89.3 Å². The molecule has 1 fully saturated rings. The summed E-state index contributed by atoms with van der Waals surface area (Å²) in [7, 11) is 0. The highest BCUT2D eigenvalue weighted by Crippen LogP contribution is 2.22. The number of pyridine rings is 1. The fourth-order valence-electron chi connectivity index (χ4n) is 4.26. The van der Waals surface area contributed by atoms with Gasteiger partial charge in [-0.3, -0.25) is 19.2 Å². The lowest BCUT2D eigenvalue weighted by Gasteiger charge is -2.26. The molecule has 4 aromatic rings. The van der Waals surface area contributed by atoms with E-state index in [9.17, 15) is 4.79 Å². The highest BCUT2D eigenvalue weighted by molar-refractivity contribution is 5.94. The number of allylic oxidation sites excluding steroid dienone is 1. The third kappa shape index (κ3) is 3.74. The van der Waals surface area contributed by atoms with Gasteiger partial charge in [0.1, 0.15) is 5.69 Å². The van der Waals surface area contributed by atoms with Crippen molar-refractivity contribution in [1.82, 2.24) is 24.3 Å². The number of hydrogen-bond donors (Lipinski definition) is 0. The summed E-state index contributed by atoms with van der Waals surface area (Å²) < 4.78 is 7.28. The summed E-state index contributed by atoms with van der Waals surface area (Å²) in [5.41, 5.74) is 7.00. The zero-order chi connectivity index (χ0) is 22.9. The van der Waals surface area contributed by atoms with Gasteiger partial charge in [-0.1, -0.05) is 30.2 Å². The summed E-state index contributed by atoms with van der Waals surface area (Å²) in [6.07, 6.45) is 12.3. The number of ether oxygens (including phenoxy) is 1. The van der Waals surface area contributed by atoms with Crippen molar-refractivity contribution in [3.63, 3.8) is 0 Å². The van der Waals surface area contributed by atoms with Gasteiger partial charge in [-0.05, 0) is 24.1 Å². The van der Waals surface area contributed by atoms with Crippen LogP contribution in [0.5, 0.6) is 0 Å². The summed E-state index contributed by atoms with van der Waals surface area (Å²) in [4.78, 5) is 28.0. The first kappa shape index (κ1) is 20.3. The molecule has 7 nitrogen and oxygen atoms in total. The Labute approximate surface area is 196 Å². The zero-order valence-electron chi connectivity index (χ0n) is 18.4. The smallest absolute Gasteiger partial charge is 0.254 e. The topological polar surface area (TPSA) is 72.6 Å². The molecule has 6 rings (SSSR count). The van der Waals surface area contributed by atoms with Crippen LogP contribution in [0.3, 0.4) is 0 Å². The minimum absolute atomic E-state index is 0.0304. The van der Waals surface area contributed by atoms with Crippen molar-refractivity contribution < 1.29 is 9.53 Å². The molecule has 0 N–H and O–H groups in total. The number of hydrogen-bond acceptors (Lipinski definition) is 5. The van der Waals surface area contributed by atoms with Gasteiger partial charge in [0, 0.05) is 54.2 Å². The number of amides is 1. The maximum atomic E-state index is 12.7. The molecule has 7 heteroatoms. The first-order valence-electron chi connectivity index (χ1n) is 11.2. The van der Waals surface area contributed by atoms with Crippen LogP contribution in [0, 0.1) is 11.8 Å². The van der Waals surface area contributed by atoms with Gasteiger partial charge < -0.3 is 9.64 Å². The number of carbonyl (C=O) groups excluding carboxylic acids is 1. The molecule has 1 saturated heterocycles. The summed E-state index contributed by atoms with van der Waals surface area (Å²) in [6.45, 7) is 2.43. The van der Waals surface area contributed by atoms with E-state index in [2.05, 4.69) is 38.9 Å². The van der Waals surface area contributed by atoms with E-state index in [1.165, 1.54) is 0 Å². The van der Waals surface area contributed by atoms with Crippen LogP contribution in [0.4, 0.5) is 0 Å². The Morgan fingerprint density at radius 2 is 1.82 bits per heavy atom. The highest BCUT2D eigenvalue weighted by atomic mass is 16.5. The summed E-state index contributed by atoms with van der Waals surface area (Å²) in [6, 6.07) is 9.50. The Kier molecular flexibility index (Phi) is 5.13. The van der Waals surface area contributed by atoms with Crippen molar-refractivity contribution in [2.75, 3.05) is 26.3 Å². The number of morpholine rings is 1. The predicted molar refractivity (Wildman–Crippen MR) is 128 cm³/mol. The van der Waals surface area contributed by atoms with Gasteiger partial charge in [-0.15, -0.1) is 0 Å². The second kappa shape index (κ2) is 8.58. The van der Waals surface area contributed by atoms with Gasteiger partial charge >= 0.3 is 0 Å². The fraction of sp³-hybridized carbons (Fsp3) is 0.185. The molecular formula is C27H21N5O2. The van der Waals surface area contributed by atoms with Gasteiger partial charge in [0.05, 0.1) is 37.0 Å². The summed E-state index contributed by atoms with van der Waals surface area (Å²) in [5, 5.41) is 0. The largest absolute Gasteiger partial charge is 0.378 e. The van der Waals surface area contributed by atoms with Crippen LogP contribution in [0.25, 0.3) is 23.0 Å². The molecule has 166 valence electrons. The molecule has 1 aliphatic carbocycles. The number of aromatic nitrogens is 4. The standard InChI is InChI=1S/C27H21N5O2/c33-27(31-12-14-34-15-13-31)21-6-4-20(5-7-21)25-18-32-22(16-30-26(32)17-29-25)9-8-19-10-11-28-24-3-1-2-23(19)24/h1-2,4-7,10-11,16-18H,3,12-15H2. The van der Waals surface area contributed by atoms with E-state index in [-0.39, 0.29) is 5.91 Å². The van der Waals surface area contributed by atoms with Crippen molar-refractivity contribution in [1.29, 1.82) is 0 Å². The molecule has 0 bridgehead atoms. The lowest BCUT2D eigenvalue weighted by molar-refractivity contribution is 0.0303. The summed E-state index contributed by atoms with van der Waals surface area (Å²) in [5.74, 6) is 6.56. The Hall–Kier alpha value is -4.28. The number of nitrogens with zero attached hydrogens (tertiary/aromatic N) is 5. The predicted octanol–water partition coefficient (Wildman–Crippen LogP) is 3.23. The maximum absolute atomic E-state index is 12.7. The van der Waals surface area contributed by atoms with Crippen molar-refractivity contribution in [2.24, 2.45) is 0 Å². The number of imidazole rings is 1. The number of fused-ring (bicyclic) bond motifs is 2. The maximum Gasteiger partial charge on any atom is 0.254 e. The van der Waals surface area contributed by atoms with Crippen LogP contribution < -0.4 is 0 Å². The third-order valence-corrected chi connectivity index (χ3v) is 6.12. The second-order valence-electron chi connectivity index (χ2n) is 8.20. The second-order valence-corrected chi connectivity index (χ2v) is 8.20. The van der Waals surface area contributed by atoms with Crippen molar-refractivity contribution in [2.45, 2.75) is 6.42 Å². The lowest BCUT2D eigenvalue weighted by atomic mass is 10.1. The molecule has 0 atom stereocenters. The van der Waals surface area contributed by atoms with Gasteiger partial charge in [-0.25, -0.2) is 4.98 Å². The van der Waals surface area contributed by atoms with Crippen LogP contribution >= 0.6 is 0 Å². The average Bonchev–Trinajstić information content (AvgIpc) is 3.55. The molecule has 0 spiro atoms. The number of benzene rings is 1. The van der Waals surface area contributed by atoms with Gasteiger partial charge in [0.25, 0.3) is 5.91 Å². The third-order valence-electron chi connectivity index (χ3n) is 6.12. The van der Waals surface area contributed by atoms with Gasteiger partial charge in [0.2, 0.25) is 0 Å². The summed E-state index contributed by atoms with van der Waals surface area (Å²) >= 11 is 0. The Balaban J connectivity index is 1.28.